The molecule has 6 rings (SSSR count). The van der Waals surface area contributed by atoms with Crippen LogP contribution in [0.15, 0.2) is 48.5 Å². The van der Waals surface area contributed by atoms with Crippen LogP contribution in [0.1, 0.15) is 67.3 Å². The number of rotatable bonds is 7. The van der Waals surface area contributed by atoms with Crippen molar-refractivity contribution >= 4 is 11.0 Å². The summed E-state index contributed by atoms with van der Waals surface area (Å²) < 4.78 is 0. The lowest BCUT2D eigenvalue weighted by molar-refractivity contribution is -0.0194. The van der Waals surface area contributed by atoms with Crippen LogP contribution in [0.2, 0.25) is 0 Å². The zero-order valence-corrected chi connectivity index (χ0v) is 18.0. The van der Waals surface area contributed by atoms with E-state index >= 15 is 0 Å². The Bertz CT molecular complexity index is 979. The maximum absolute atomic E-state index is 11.7. The normalized spacial score (nSPS) is 25.6. The van der Waals surface area contributed by atoms with Gasteiger partial charge in [0.2, 0.25) is 0 Å². The first-order chi connectivity index (χ1) is 14.6. The van der Waals surface area contributed by atoms with Crippen LogP contribution in [0, 0.1) is 0 Å². The van der Waals surface area contributed by atoms with Gasteiger partial charge in [-0.05, 0) is 74.9 Å². The lowest BCUT2D eigenvalue weighted by atomic mass is 9.67. The number of benzene rings is 2. The maximum atomic E-state index is 11.7. The summed E-state index contributed by atoms with van der Waals surface area (Å²) in [6, 6.07) is 17.1. The first-order valence-electron chi connectivity index (χ1n) is 11.6. The first kappa shape index (κ1) is 19.8. The van der Waals surface area contributed by atoms with E-state index in [1.807, 2.05) is 12.1 Å². The van der Waals surface area contributed by atoms with Crippen LogP contribution in [0.5, 0.6) is 0 Å². The third-order valence-corrected chi connectivity index (χ3v) is 7.42. The van der Waals surface area contributed by atoms with Gasteiger partial charge in [0.15, 0.2) is 0 Å². The second-order valence-electron chi connectivity index (χ2n) is 9.47. The summed E-state index contributed by atoms with van der Waals surface area (Å²) in [5.41, 5.74) is 4.53. The average Bonchev–Trinajstić information content (AvgIpc) is 2.98. The highest BCUT2D eigenvalue weighted by molar-refractivity contribution is 5.74. The van der Waals surface area contributed by atoms with Gasteiger partial charge in [0.1, 0.15) is 5.82 Å². The number of nitrogens with zero attached hydrogens (tertiary/aromatic N) is 2. The number of imidazole rings is 1. The van der Waals surface area contributed by atoms with E-state index in [0.717, 1.165) is 62.1 Å². The molecule has 2 aromatic carbocycles. The molecule has 1 aromatic heterocycles. The molecule has 0 saturated heterocycles. The molecular formula is C26H33N3O. The number of hydrogen-bond donors (Lipinski definition) is 2. The number of H-pyrrole nitrogens is 1. The Labute approximate surface area is 179 Å². The third kappa shape index (κ3) is 3.79. The van der Waals surface area contributed by atoms with Crippen molar-refractivity contribution in [3.63, 3.8) is 0 Å². The number of aliphatic hydroxyl groups is 1. The van der Waals surface area contributed by atoms with Crippen molar-refractivity contribution in [3.05, 3.63) is 65.5 Å². The van der Waals surface area contributed by atoms with E-state index in [1.165, 1.54) is 24.0 Å². The van der Waals surface area contributed by atoms with Gasteiger partial charge in [-0.25, -0.2) is 4.98 Å². The fourth-order valence-electron chi connectivity index (χ4n) is 5.83. The SMILES string of the molecule is CN(CCCc1nc2ccccc2[nH]1)CC[C@]1(O)C[C@H]2CCC[C@@H]1c1ccccc12. The van der Waals surface area contributed by atoms with Gasteiger partial charge in [0.05, 0.1) is 16.6 Å². The molecule has 3 atom stereocenters. The fraction of sp³-hybridized carbons (Fsp3) is 0.500. The summed E-state index contributed by atoms with van der Waals surface area (Å²) in [4.78, 5) is 10.5. The molecule has 4 nitrogen and oxygen atoms in total. The van der Waals surface area contributed by atoms with Crippen molar-refractivity contribution < 1.29 is 5.11 Å². The van der Waals surface area contributed by atoms with Crippen LogP contribution >= 0.6 is 0 Å². The molecule has 3 aliphatic carbocycles. The van der Waals surface area contributed by atoms with Gasteiger partial charge in [-0.15, -0.1) is 0 Å². The van der Waals surface area contributed by atoms with Crippen LogP contribution in [0.4, 0.5) is 0 Å². The third-order valence-electron chi connectivity index (χ3n) is 7.42. The van der Waals surface area contributed by atoms with Gasteiger partial charge >= 0.3 is 0 Å². The molecule has 0 unspecified atom stereocenters. The minimum Gasteiger partial charge on any atom is -0.389 e. The van der Waals surface area contributed by atoms with E-state index in [1.54, 1.807) is 0 Å². The number of fused-ring (bicyclic) bond motifs is 4. The second-order valence-corrected chi connectivity index (χ2v) is 9.47. The zero-order chi connectivity index (χ0) is 20.6. The van der Waals surface area contributed by atoms with Gasteiger partial charge in [0.25, 0.3) is 0 Å². The van der Waals surface area contributed by atoms with Gasteiger partial charge in [-0.3, -0.25) is 0 Å². The van der Waals surface area contributed by atoms with Gasteiger partial charge in [-0.1, -0.05) is 42.8 Å². The Morgan fingerprint density at radius 2 is 1.87 bits per heavy atom. The molecule has 3 aromatic rings. The first-order valence-corrected chi connectivity index (χ1v) is 11.6. The number of nitrogens with one attached hydrogen (secondary N) is 1. The molecular weight excluding hydrogens is 370 g/mol. The predicted octanol–water partition coefficient (Wildman–Crippen LogP) is 5.00. The smallest absolute Gasteiger partial charge is 0.107 e. The summed E-state index contributed by atoms with van der Waals surface area (Å²) in [6.07, 6.45) is 7.42. The van der Waals surface area contributed by atoms with E-state index in [4.69, 9.17) is 0 Å². The lowest BCUT2D eigenvalue weighted by Gasteiger charge is -2.43. The predicted molar refractivity (Wildman–Crippen MR) is 122 cm³/mol. The van der Waals surface area contributed by atoms with Crippen molar-refractivity contribution in [3.8, 4) is 0 Å². The monoisotopic (exact) mass is 403 g/mol. The molecule has 1 heterocycles. The van der Waals surface area contributed by atoms with E-state index in [9.17, 15) is 5.11 Å². The van der Waals surface area contributed by atoms with Crippen molar-refractivity contribution in [2.75, 3.05) is 20.1 Å². The molecule has 0 aliphatic heterocycles. The Hall–Kier alpha value is -2.17. The molecule has 3 aliphatic rings. The summed E-state index contributed by atoms with van der Waals surface area (Å²) in [5.74, 6) is 1.90. The van der Waals surface area contributed by atoms with Crippen LogP contribution in [-0.2, 0) is 6.42 Å². The number of aromatic nitrogens is 2. The zero-order valence-electron chi connectivity index (χ0n) is 18.0. The van der Waals surface area contributed by atoms with Gasteiger partial charge < -0.3 is 15.0 Å². The largest absolute Gasteiger partial charge is 0.389 e. The molecule has 1 fully saturated rings. The molecule has 0 radical (unpaired) electrons. The minimum atomic E-state index is -0.553. The highest BCUT2D eigenvalue weighted by Gasteiger charge is 2.46. The molecule has 1 saturated carbocycles. The molecule has 2 N–H and O–H groups in total. The number of para-hydroxylation sites is 2. The van der Waals surface area contributed by atoms with Gasteiger partial charge in [-0.2, -0.15) is 0 Å². The van der Waals surface area contributed by atoms with Crippen molar-refractivity contribution in [1.82, 2.24) is 14.9 Å². The molecule has 2 bridgehead atoms. The Kier molecular flexibility index (Phi) is 5.38. The molecule has 0 spiro atoms. The van der Waals surface area contributed by atoms with E-state index < -0.39 is 5.60 Å². The molecule has 0 amide bonds. The number of aromatic amines is 1. The van der Waals surface area contributed by atoms with Crippen LogP contribution in [0.3, 0.4) is 0 Å². The molecule has 158 valence electrons. The van der Waals surface area contributed by atoms with Crippen molar-refractivity contribution in [2.24, 2.45) is 0 Å². The van der Waals surface area contributed by atoms with Gasteiger partial charge in [0, 0.05) is 18.9 Å². The topological polar surface area (TPSA) is 52.2 Å². The standard InChI is InChI=1S/C26H33N3O/c1-29(16-7-14-25-27-23-12-4-5-13-24(23)28-25)17-15-26(30)18-19-8-6-11-22(26)21-10-3-2-9-20(19)21/h2-5,9-10,12-13,19,22,30H,6-8,11,14-18H2,1H3,(H,27,28)/t19-,22-,26+/m1/s1. The van der Waals surface area contributed by atoms with Crippen molar-refractivity contribution in [2.45, 2.75) is 62.4 Å². The van der Waals surface area contributed by atoms with Crippen LogP contribution < -0.4 is 0 Å². The Balaban J connectivity index is 1.17. The summed E-state index contributed by atoms with van der Waals surface area (Å²) in [7, 11) is 2.19. The highest BCUT2D eigenvalue weighted by atomic mass is 16.3. The number of hydrogen-bond acceptors (Lipinski definition) is 3. The molecule has 30 heavy (non-hydrogen) atoms. The molecule has 4 heteroatoms. The quantitative estimate of drug-likeness (QED) is 0.583. The summed E-state index contributed by atoms with van der Waals surface area (Å²) in [6.45, 7) is 1.97. The summed E-state index contributed by atoms with van der Waals surface area (Å²) >= 11 is 0. The fourth-order valence-corrected chi connectivity index (χ4v) is 5.83. The highest BCUT2D eigenvalue weighted by Crippen LogP contribution is 2.53. The maximum Gasteiger partial charge on any atom is 0.107 e. The lowest BCUT2D eigenvalue weighted by Crippen LogP contribution is -2.43. The Morgan fingerprint density at radius 1 is 1.07 bits per heavy atom. The minimum absolute atomic E-state index is 0.302. The average molecular weight is 404 g/mol. The van der Waals surface area contributed by atoms with Crippen LogP contribution in [-0.4, -0.2) is 45.7 Å². The second kappa shape index (κ2) is 8.16. The van der Waals surface area contributed by atoms with Crippen molar-refractivity contribution in [1.29, 1.82) is 0 Å². The number of aryl methyl sites for hydroxylation is 1. The van der Waals surface area contributed by atoms with Crippen LogP contribution in [0.25, 0.3) is 11.0 Å². The Morgan fingerprint density at radius 3 is 2.73 bits per heavy atom. The van der Waals surface area contributed by atoms with E-state index in [-0.39, 0.29) is 0 Å². The van der Waals surface area contributed by atoms with E-state index in [0.29, 0.717) is 11.8 Å². The summed E-state index contributed by atoms with van der Waals surface area (Å²) in [5, 5.41) is 11.7. The van der Waals surface area contributed by atoms with E-state index in [2.05, 4.69) is 58.3 Å².